The van der Waals surface area contributed by atoms with Gasteiger partial charge in [0.15, 0.2) is 0 Å². The summed E-state index contributed by atoms with van der Waals surface area (Å²) in [5.74, 6) is 1.49. The van der Waals surface area contributed by atoms with Crippen LogP contribution in [0.4, 0.5) is 10.2 Å². The van der Waals surface area contributed by atoms with Crippen LogP contribution in [0.2, 0.25) is 0 Å². The lowest BCUT2D eigenvalue weighted by molar-refractivity contribution is 0.414. The number of ether oxygens (including phenoxy) is 1. The maximum Gasteiger partial charge on any atom is 0.148 e. The average Bonchev–Trinajstić information content (AvgIpc) is 2.84. The van der Waals surface area contributed by atoms with Gasteiger partial charge in [-0.1, -0.05) is 24.3 Å². The van der Waals surface area contributed by atoms with E-state index in [2.05, 4.69) is 11.4 Å². The number of methoxy groups -OCH3 is 1. The molecule has 0 amide bonds. The molecule has 4 rings (SSSR count). The van der Waals surface area contributed by atoms with E-state index in [0.29, 0.717) is 12.1 Å². The van der Waals surface area contributed by atoms with Gasteiger partial charge in [-0.05, 0) is 49.1 Å². The summed E-state index contributed by atoms with van der Waals surface area (Å²) in [6.45, 7) is 0.881. The first kappa shape index (κ1) is 16.6. The van der Waals surface area contributed by atoms with Gasteiger partial charge in [-0.2, -0.15) is 5.10 Å². The topological polar surface area (TPSA) is 39.1 Å². The Kier molecular flexibility index (Phi) is 4.61. The first-order chi connectivity index (χ1) is 12.8. The van der Waals surface area contributed by atoms with Gasteiger partial charge in [0.05, 0.1) is 12.8 Å². The van der Waals surface area contributed by atoms with Crippen LogP contribution in [-0.4, -0.2) is 23.4 Å². The van der Waals surface area contributed by atoms with E-state index in [4.69, 9.17) is 9.84 Å². The molecule has 2 aromatic carbocycles. The Morgan fingerprint density at radius 1 is 1.15 bits per heavy atom. The molecule has 0 unspecified atom stereocenters. The van der Waals surface area contributed by atoms with E-state index in [9.17, 15) is 4.39 Å². The molecule has 1 aromatic heterocycles. The zero-order valence-electron chi connectivity index (χ0n) is 14.8. The van der Waals surface area contributed by atoms with Crippen LogP contribution in [0.1, 0.15) is 29.7 Å². The SMILES string of the molecule is COc1cccc(Cc2nn(-c3ccccc3F)c3c2CCCCN3)c1. The van der Waals surface area contributed by atoms with Crippen molar-refractivity contribution in [1.29, 1.82) is 0 Å². The van der Waals surface area contributed by atoms with E-state index >= 15 is 0 Å². The largest absolute Gasteiger partial charge is 0.497 e. The second-order valence-electron chi connectivity index (χ2n) is 6.55. The molecule has 5 heteroatoms. The van der Waals surface area contributed by atoms with Crippen LogP contribution < -0.4 is 10.1 Å². The third kappa shape index (κ3) is 3.17. The summed E-state index contributed by atoms with van der Waals surface area (Å²) in [6.07, 6.45) is 3.86. The summed E-state index contributed by atoms with van der Waals surface area (Å²) >= 11 is 0. The molecule has 0 radical (unpaired) electrons. The number of aromatic nitrogens is 2. The Hall–Kier alpha value is -2.82. The lowest BCUT2D eigenvalue weighted by atomic mass is 10.0. The smallest absolute Gasteiger partial charge is 0.148 e. The highest BCUT2D eigenvalue weighted by molar-refractivity contribution is 5.55. The maximum absolute atomic E-state index is 14.4. The number of fused-ring (bicyclic) bond motifs is 1. The van der Waals surface area contributed by atoms with Crippen LogP contribution in [0.15, 0.2) is 48.5 Å². The summed E-state index contributed by atoms with van der Waals surface area (Å²) in [6, 6.07) is 14.8. The molecule has 134 valence electrons. The van der Waals surface area contributed by atoms with Crippen molar-refractivity contribution in [1.82, 2.24) is 9.78 Å². The van der Waals surface area contributed by atoms with E-state index in [0.717, 1.165) is 48.6 Å². The third-order valence-electron chi connectivity index (χ3n) is 4.80. The number of rotatable bonds is 4. The van der Waals surface area contributed by atoms with Gasteiger partial charge in [-0.3, -0.25) is 0 Å². The summed E-state index contributed by atoms with van der Waals surface area (Å²) in [4.78, 5) is 0. The van der Waals surface area contributed by atoms with Crippen molar-refractivity contribution in [2.75, 3.05) is 19.0 Å². The fourth-order valence-corrected chi connectivity index (χ4v) is 3.49. The van der Waals surface area contributed by atoms with Crippen LogP contribution in [0.3, 0.4) is 0 Å². The minimum absolute atomic E-state index is 0.267. The Labute approximate surface area is 152 Å². The lowest BCUT2D eigenvalue weighted by Crippen LogP contribution is -2.08. The molecule has 2 heterocycles. The number of benzene rings is 2. The average molecular weight is 351 g/mol. The number of hydrogen-bond acceptors (Lipinski definition) is 3. The molecular formula is C21H22FN3O. The van der Waals surface area contributed by atoms with Crippen molar-refractivity contribution in [2.45, 2.75) is 25.7 Å². The van der Waals surface area contributed by atoms with Crippen LogP contribution in [0.25, 0.3) is 5.69 Å². The third-order valence-corrected chi connectivity index (χ3v) is 4.80. The Balaban J connectivity index is 1.78. The second kappa shape index (κ2) is 7.20. The molecule has 1 N–H and O–H groups in total. The van der Waals surface area contributed by atoms with Gasteiger partial charge in [0.2, 0.25) is 0 Å². The maximum atomic E-state index is 14.4. The molecule has 0 saturated carbocycles. The minimum atomic E-state index is -0.267. The van der Waals surface area contributed by atoms with Crippen LogP contribution in [0, 0.1) is 5.82 Å². The van der Waals surface area contributed by atoms with Crippen molar-refractivity contribution < 1.29 is 9.13 Å². The minimum Gasteiger partial charge on any atom is -0.497 e. The quantitative estimate of drug-likeness (QED) is 0.759. The normalized spacial score (nSPS) is 13.6. The molecule has 0 spiro atoms. The van der Waals surface area contributed by atoms with Crippen LogP contribution in [-0.2, 0) is 12.8 Å². The highest BCUT2D eigenvalue weighted by Crippen LogP contribution is 2.30. The molecule has 0 atom stereocenters. The fraction of sp³-hybridized carbons (Fsp3) is 0.286. The molecule has 0 fully saturated rings. The first-order valence-electron chi connectivity index (χ1n) is 8.99. The number of nitrogens with zero attached hydrogens (tertiary/aromatic N) is 2. The van der Waals surface area contributed by atoms with E-state index in [1.54, 1.807) is 23.9 Å². The molecule has 3 aromatic rings. The molecule has 4 nitrogen and oxygen atoms in total. The lowest BCUT2D eigenvalue weighted by Gasteiger charge is -2.09. The fourth-order valence-electron chi connectivity index (χ4n) is 3.49. The Morgan fingerprint density at radius 2 is 2.04 bits per heavy atom. The molecule has 0 bridgehead atoms. The van der Waals surface area contributed by atoms with Gasteiger partial charge >= 0.3 is 0 Å². The van der Waals surface area contributed by atoms with E-state index < -0.39 is 0 Å². The standard InChI is InChI=1S/C21H22FN3O/c1-26-16-8-6-7-15(13-16)14-19-17-9-4-5-12-23-21(17)25(24-19)20-11-3-2-10-18(20)22/h2-3,6-8,10-11,13,23H,4-5,9,12,14H2,1H3. The van der Waals surface area contributed by atoms with Crippen molar-refractivity contribution >= 4 is 5.82 Å². The van der Waals surface area contributed by atoms with Crippen molar-refractivity contribution in [3.63, 3.8) is 0 Å². The molecule has 26 heavy (non-hydrogen) atoms. The van der Waals surface area contributed by atoms with Crippen LogP contribution >= 0.6 is 0 Å². The van der Waals surface area contributed by atoms with Gasteiger partial charge in [-0.15, -0.1) is 0 Å². The molecule has 1 aliphatic rings. The monoisotopic (exact) mass is 351 g/mol. The summed E-state index contributed by atoms with van der Waals surface area (Å²) in [5, 5.41) is 8.25. The van der Waals surface area contributed by atoms with E-state index in [1.165, 1.54) is 11.6 Å². The number of hydrogen-bond donors (Lipinski definition) is 1. The summed E-state index contributed by atoms with van der Waals surface area (Å²) < 4.78 is 21.4. The second-order valence-corrected chi connectivity index (χ2v) is 6.55. The van der Waals surface area contributed by atoms with Crippen molar-refractivity contribution in [2.24, 2.45) is 0 Å². The van der Waals surface area contributed by atoms with Crippen molar-refractivity contribution in [3.05, 3.63) is 71.2 Å². The van der Waals surface area contributed by atoms with Gasteiger partial charge < -0.3 is 10.1 Å². The predicted octanol–water partition coefficient (Wildman–Crippen LogP) is 4.36. The predicted molar refractivity (Wildman–Crippen MR) is 101 cm³/mol. The summed E-state index contributed by atoms with van der Waals surface area (Å²) in [5.41, 5.74) is 3.80. The van der Waals surface area contributed by atoms with Gasteiger partial charge in [0.1, 0.15) is 23.1 Å². The Bertz CT molecular complexity index is 919. The van der Waals surface area contributed by atoms with Crippen LogP contribution in [0.5, 0.6) is 5.75 Å². The number of halogens is 1. The number of anilines is 1. The molecule has 0 aliphatic carbocycles. The highest BCUT2D eigenvalue weighted by atomic mass is 19.1. The Morgan fingerprint density at radius 3 is 2.88 bits per heavy atom. The molecule has 0 saturated heterocycles. The van der Waals surface area contributed by atoms with Gasteiger partial charge in [-0.25, -0.2) is 9.07 Å². The van der Waals surface area contributed by atoms with Gasteiger partial charge in [0, 0.05) is 18.5 Å². The van der Waals surface area contributed by atoms with Crippen molar-refractivity contribution in [3.8, 4) is 11.4 Å². The van der Waals surface area contributed by atoms with E-state index in [-0.39, 0.29) is 5.82 Å². The summed E-state index contributed by atoms with van der Waals surface area (Å²) in [7, 11) is 1.67. The zero-order chi connectivity index (χ0) is 17.9. The highest BCUT2D eigenvalue weighted by Gasteiger charge is 2.22. The molecular weight excluding hydrogens is 329 g/mol. The molecule has 1 aliphatic heterocycles. The first-order valence-corrected chi connectivity index (χ1v) is 8.99. The van der Waals surface area contributed by atoms with Gasteiger partial charge in [0.25, 0.3) is 0 Å². The number of nitrogens with one attached hydrogen (secondary N) is 1. The van der Waals surface area contributed by atoms with E-state index in [1.807, 2.05) is 24.3 Å². The zero-order valence-corrected chi connectivity index (χ0v) is 14.8. The number of para-hydroxylation sites is 1.